The van der Waals surface area contributed by atoms with Crippen molar-refractivity contribution in [1.29, 1.82) is 0 Å². The maximum Gasteiger partial charge on any atom is 0.0743 e. The summed E-state index contributed by atoms with van der Waals surface area (Å²) in [6, 6.07) is 6.04. The van der Waals surface area contributed by atoms with E-state index in [0.29, 0.717) is 10.9 Å². The van der Waals surface area contributed by atoms with Crippen LogP contribution in [0.3, 0.4) is 0 Å². The Hall–Kier alpha value is -0.940. The molecule has 1 unspecified atom stereocenters. The van der Waals surface area contributed by atoms with E-state index in [1.807, 2.05) is 23.9 Å². The Morgan fingerprint density at radius 3 is 3.00 bits per heavy atom. The van der Waals surface area contributed by atoms with Crippen LogP contribution in [0.25, 0.3) is 10.9 Å². The molecule has 1 atom stereocenters. The molecule has 1 heterocycles. The average molecular weight is 340 g/mol. The third-order valence-corrected chi connectivity index (χ3v) is 4.65. The van der Waals surface area contributed by atoms with Gasteiger partial charge in [-0.3, -0.25) is 4.98 Å². The van der Waals surface area contributed by atoms with Gasteiger partial charge in [0.25, 0.3) is 0 Å². The van der Waals surface area contributed by atoms with Gasteiger partial charge in [-0.2, -0.15) is 11.8 Å². The maximum atomic E-state index is 6.04. The molecule has 3 N–H and O–H groups in total. The van der Waals surface area contributed by atoms with Crippen LogP contribution in [0.2, 0.25) is 0 Å². The second kappa shape index (κ2) is 6.48. The van der Waals surface area contributed by atoms with Crippen LogP contribution in [-0.4, -0.2) is 23.0 Å². The van der Waals surface area contributed by atoms with Crippen LogP contribution >= 0.6 is 27.7 Å². The molecule has 0 aliphatic heterocycles. The first-order valence-corrected chi connectivity index (χ1v) is 8.30. The molecule has 0 saturated heterocycles. The Bertz CT molecular complexity index is 569. The summed E-state index contributed by atoms with van der Waals surface area (Å²) in [5.74, 6) is 0. The Kier molecular flexibility index (Phi) is 4.93. The maximum absolute atomic E-state index is 6.04. The Morgan fingerprint density at radius 2 is 2.26 bits per heavy atom. The number of nitrogens with one attached hydrogen (secondary N) is 1. The molecule has 102 valence electrons. The van der Waals surface area contributed by atoms with E-state index in [0.717, 1.165) is 34.0 Å². The molecule has 1 aromatic heterocycles. The van der Waals surface area contributed by atoms with Crippen LogP contribution in [0.5, 0.6) is 0 Å². The highest BCUT2D eigenvalue weighted by molar-refractivity contribution is 9.10. The lowest BCUT2D eigenvalue weighted by Gasteiger charge is -2.14. The van der Waals surface area contributed by atoms with Gasteiger partial charge in [-0.25, -0.2) is 0 Å². The van der Waals surface area contributed by atoms with E-state index in [-0.39, 0.29) is 0 Å². The minimum absolute atomic E-state index is 0.647. The lowest BCUT2D eigenvalue weighted by molar-refractivity contribution is 0.854. The highest BCUT2D eigenvalue weighted by atomic mass is 79.9. The van der Waals surface area contributed by atoms with Gasteiger partial charge in [-0.1, -0.05) is 22.9 Å². The highest BCUT2D eigenvalue weighted by Crippen LogP contribution is 2.30. The predicted molar refractivity (Wildman–Crippen MR) is 89.9 cm³/mol. The zero-order valence-electron chi connectivity index (χ0n) is 11.1. The molecule has 0 saturated carbocycles. The number of nitrogen functional groups attached to an aromatic ring is 1. The summed E-state index contributed by atoms with van der Waals surface area (Å²) < 4.78 is 1.04. The van der Waals surface area contributed by atoms with E-state index < -0.39 is 0 Å². The van der Waals surface area contributed by atoms with Crippen LogP contribution in [0.1, 0.15) is 13.3 Å². The fraction of sp³-hybridized carbons (Fsp3) is 0.357. The first-order chi connectivity index (χ1) is 9.11. The number of anilines is 2. The van der Waals surface area contributed by atoms with Crippen molar-refractivity contribution in [3.63, 3.8) is 0 Å². The smallest absolute Gasteiger partial charge is 0.0743 e. The number of aromatic nitrogens is 1. The molecule has 0 bridgehead atoms. The van der Waals surface area contributed by atoms with Crippen molar-refractivity contribution in [3.05, 3.63) is 28.9 Å². The Morgan fingerprint density at radius 1 is 1.47 bits per heavy atom. The van der Waals surface area contributed by atoms with Crippen LogP contribution in [0.15, 0.2) is 28.9 Å². The number of halogens is 1. The molecule has 0 aliphatic rings. The summed E-state index contributed by atoms with van der Waals surface area (Å²) in [5.41, 5.74) is 8.68. The largest absolute Gasteiger partial charge is 0.396 e. The fourth-order valence-corrected chi connectivity index (χ4v) is 2.61. The molecule has 19 heavy (non-hydrogen) atoms. The standard InChI is InChI=1S/C14H18BrN3S/c1-9(19-2)5-6-17-14-11-7-10(15)3-4-13(11)18-8-12(14)16/h3-4,7-9H,5-6,16H2,1-2H3,(H,17,18). The number of benzene rings is 1. The molecule has 2 aromatic rings. The van der Waals surface area contributed by atoms with Gasteiger partial charge in [0.2, 0.25) is 0 Å². The number of rotatable bonds is 5. The minimum atomic E-state index is 0.647. The summed E-state index contributed by atoms with van der Waals surface area (Å²) in [5, 5.41) is 5.16. The van der Waals surface area contributed by atoms with Crippen LogP contribution in [-0.2, 0) is 0 Å². The summed E-state index contributed by atoms with van der Waals surface area (Å²) in [6.07, 6.45) is 4.97. The van der Waals surface area contributed by atoms with Crippen molar-refractivity contribution in [2.75, 3.05) is 23.9 Å². The van der Waals surface area contributed by atoms with Gasteiger partial charge in [0, 0.05) is 21.7 Å². The van der Waals surface area contributed by atoms with Crippen molar-refractivity contribution < 1.29 is 0 Å². The van der Waals surface area contributed by atoms with E-state index in [4.69, 9.17) is 5.73 Å². The lowest BCUT2D eigenvalue weighted by atomic mass is 10.1. The number of nitrogens with zero attached hydrogens (tertiary/aromatic N) is 1. The van der Waals surface area contributed by atoms with E-state index in [1.165, 1.54) is 0 Å². The van der Waals surface area contributed by atoms with Gasteiger partial charge >= 0.3 is 0 Å². The predicted octanol–water partition coefficient (Wildman–Crippen LogP) is 4.13. The molecule has 5 heteroatoms. The first kappa shape index (κ1) is 14.5. The number of hydrogen-bond donors (Lipinski definition) is 2. The first-order valence-electron chi connectivity index (χ1n) is 6.22. The van der Waals surface area contributed by atoms with Gasteiger partial charge in [0.15, 0.2) is 0 Å². The summed E-state index contributed by atoms with van der Waals surface area (Å²) in [7, 11) is 0. The molecule has 0 aliphatic carbocycles. The van der Waals surface area contributed by atoms with Gasteiger partial charge in [-0.15, -0.1) is 0 Å². The number of thioether (sulfide) groups is 1. The number of nitrogens with two attached hydrogens (primary N) is 1. The molecule has 2 rings (SSSR count). The number of hydrogen-bond acceptors (Lipinski definition) is 4. The van der Waals surface area contributed by atoms with E-state index >= 15 is 0 Å². The summed E-state index contributed by atoms with van der Waals surface area (Å²) >= 11 is 5.37. The fourth-order valence-electron chi connectivity index (χ4n) is 1.90. The Balaban J connectivity index is 2.25. The highest BCUT2D eigenvalue weighted by Gasteiger charge is 2.07. The second-order valence-electron chi connectivity index (χ2n) is 4.51. The number of fused-ring (bicyclic) bond motifs is 1. The van der Waals surface area contributed by atoms with Crippen LogP contribution in [0, 0.1) is 0 Å². The van der Waals surface area contributed by atoms with Crippen molar-refractivity contribution in [2.24, 2.45) is 0 Å². The SMILES string of the molecule is CSC(C)CCNc1c(N)cnc2ccc(Br)cc12. The molecule has 0 radical (unpaired) electrons. The van der Waals surface area contributed by atoms with Gasteiger partial charge in [-0.05, 0) is 30.9 Å². The van der Waals surface area contributed by atoms with Crippen LogP contribution in [0.4, 0.5) is 11.4 Å². The molecule has 0 fully saturated rings. The summed E-state index contributed by atoms with van der Waals surface area (Å²) in [4.78, 5) is 4.35. The normalized spacial score (nSPS) is 12.6. The molecule has 1 aromatic carbocycles. The lowest BCUT2D eigenvalue weighted by Crippen LogP contribution is -2.09. The van der Waals surface area contributed by atoms with Gasteiger partial charge < -0.3 is 11.1 Å². The zero-order valence-corrected chi connectivity index (χ0v) is 13.5. The third-order valence-electron chi connectivity index (χ3n) is 3.11. The van der Waals surface area contributed by atoms with Crippen molar-refractivity contribution >= 4 is 50.0 Å². The Labute approximate surface area is 126 Å². The van der Waals surface area contributed by atoms with Gasteiger partial charge in [0.1, 0.15) is 0 Å². The van der Waals surface area contributed by atoms with E-state index in [9.17, 15) is 0 Å². The quantitative estimate of drug-likeness (QED) is 0.859. The molecule has 3 nitrogen and oxygen atoms in total. The molecule has 0 spiro atoms. The van der Waals surface area contributed by atoms with Gasteiger partial charge in [0.05, 0.1) is 23.1 Å². The number of pyridine rings is 1. The molecule has 0 amide bonds. The molecular weight excluding hydrogens is 322 g/mol. The van der Waals surface area contributed by atoms with Crippen molar-refractivity contribution in [1.82, 2.24) is 4.98 Å². The van der Waals surface area contributed by atoms with Crippen molar-refractivity contribution in [3.8, 4) is 0 Å². The average Bonchev–Trinajstić information content (AvgIpc) is 2.41. The van der Waals surface area contributed by atoms with E-state index in [2.05, 4.69) is 45.5 Å². The van der Waals surface area contributed by atoms with Crippen LogP contribution < -0.4 is 11.1 Å². The van der Waals surface area contributed by atoms with E-state index in [1.54, 1.807) is 6.20 Å². The second-order valence-corrected chi connectivity index (χ2v) is 6.70. The topological polar surface area (TPSA) is 50.9 Å². The third kappa shape index (κ3) is 3.54. The zero-order chi connectivity index (χ0) is 13.8. The molecular formula is C14H18BrN3S. The minimum Gasteiger partial charge on any atom is -0.396 e. The monoisotopic (exact) mass is 339 g/mol. The van der Waals surface area contributed by atoms with Crippen molar-refractivity contribution in [2.45, 2.75) is 18.6 Å². The summed E-state index contributed by atoms with van der Waals surface area (Å²) in [6.45, 7) is 3.15.